The van der Waals surface area contributed by atoms with Crippen molar-refractivity contribution in [2.24, 2.45) is 0 Å². The van der Waals surface area contributed by atoms with Gasteiger partial charge in [-0.2, -0.15) is 13.9 Å². The Kier molecular flexibility index (Phi) is 5.28. The Bertz CT molecular complexity index is 912. The number of fused-ring (bicyclic) bond motifs is 1. The number of aromatic nitrogens is 3. The van der Waals surface area contributed by atoms with E-state index in [9.17, 15) is 13.6 Å². The lowest BCUT2D eigenvalue weighted by Gasteiger charge is -2.04. The molecule has 0 unspecified atom stereocenters. The van der Waals surface area contributed by atoms with Gasteiger partial charge in [-0.3, -0.25) is 9.48 Å². The second-order valence-corrected chi connectivity index (χ2v) is 7.01. The molecule has 2 aromatic heterocycles. The van der Waals surface area contributed by atoms with Crippen molar-refractivity contribution in [2.45, 2.75) is 26.5 Å². The Balaban J connectivity index is 1.63. The zero-order chi connectivity index (χ0) is 18.0. The van der Waals surface area contributed by atoms with Gasteiger partial charge in [0.25, 0.3) is 0 Å². The SMILES string of the molecule is Cc1c(Br)cnn1CCC(=O)Nc1nc2ccc(OC(F)F)cc2s1. The summed E-state index contributed by atoms with van der Waals surface area (Å²) in [5, 5.41) is 7.29. The lowest BCUT2D eigenvalue weighted by Crippen LogP contribution is -2.15. The molecule has 3 rings (SSSR count). The lowest BCUT2D eigenvalue weighted by molar-refractivity contribution is -0.116. The van der Waals surface area contributed by atoms with Crippen LogP contribution < -0.4 is 10.1 Å². The van der Waals surface area contributed by atoms with E-state index in [1.807, 2.05) is 6.92 Å². The molecule has 0 bridgehead atoms. The first-order chi connectivity index (χ1) is 11.9. The minimum atomic E-state index is -2.88. The number of carbonyl (C=O) groups excluding carboxylic acids is 1. The fourth-order valence-electron chi connectivity index (χ4n) is 2.17. The number of thiazole rings is 1. The molecule has 2 heterocycles. The highest BCUT2D eigenvalue weighted by Gasteiger charge is 2.11. The Morgan fingerprint density at radius 1 is 1.48 bits per heavy atom. The summed E-state index contributed by atoms with van der Waals surface area (Å²) in [6, 6.07) is 4.46. The number of ether oxygens (including phenoxy) is 1. The minimum Gasteiger partial charge on any atom is -0.435 e. The van der Waals surface area contributed by atoms with Crippen molar-refractivity contribution in [1.82, 2.24) is 14.8 Å². The number of carbonyl (C=O) groups is 1. The van der Waals surface area contributed by atoms with Crippen molar-refractivity contribution < 1.29 is 18.3 Å². The van der Waals surface area contributed by atoms with Crippen LogP contribution in [0.1, 0.15) is 12.1 Å². The number of hydrogen-bond acceptors (Lipinski definition) is 5. The summed E-state index contributed by atoms with van der Waals surface area (Å²) in [5.41, 5.74) is 1.55. The average molecular weight is 431 g/mol. The van der Waals surface area contributed by atoms with E-state index in [0.717, 1.165) is 10.2 Å². The van der Waals surface area contributed by atoms with Crippen LogP contribution in [-0.2, 0) is 11.3 Å². The second kappa shape index (κ2) is 7.44. The fraction of sp³-hybridized carbons (Fsp3) is 0.267. The summed E-state index contributed by atoms with van der Waals surface area (Å²) < 4.78 is 32.1. The van der Waals surface area contributed by atoms with Gasteiger partial charge in [-0.1, -0.05) is 11.3 Å². The van der Waals surface area contributed by atoms with Crippen molar-refractivity contribution in [3.63, 3.8) is 0 Å². The fourth-order valence-corrected chi connectivity index (χ4v) is 3.38. The molecule has 1 aromatic carbocycles. The summed E-state index contributed by atoms with van der Waals surface area (Å²) in [6.45, 7) is -0.530. The summed E-state index contributed by atoms with van der Waals surface area (Å²) >= 11 is 4.57. The molecule has 0 spiro atoms. The van der Waals surface area contributed by atoms with Crippen LogP contribution in [0, 0.1) is 6.92 Å². The maximum Gasteiger partial charge on any atom is 0.387 e. The van der Waals surface area contributed by atoms with Gasteiger partial charge in [0.15, 0.2) is 5.13 Å². The van der Waals surface area contributed by atoms with Crippen LogP contribution in [0.2, 0.25) is 0 Å². The summed E-state index contributed by atoms with van der Waals surface area (Å²) in [4.78, 5) is 16.3. The van der Waals surface area contributed by atoms with E-state index in [0.29, 0.717) is 21.9 Å². The van der Waals surface area contributed by atoms with Crippen molar-refractivity contribution >= 4 is 48.5 Å². The van der Waals surface area contributed by atoms with Gasteiger partial charge in [-0.05, 0) is 41.1 Å². The number of nitrogens with one attached hydrogen (secondary N) is 1. The number of hydrogen-bond donors (Lipinski definition) is 1. The van der Waals surface area contributed by atoms with E-state index in [1.54, 1.807) is 16.9 Å². The number of benzene rings is 1. The van der Waals surface area contributed by atoms with Crippen LogP contribution in [0.25, 0.3) is 10.2 Å². The van der Waals surface area contributed by atoms with E-state index in [2.05, 4.69) is 36.1 Å². The first kappa shape index (κ1) is 17.7. The summed E-state index contributed by atoms with van der Waals surface area (Å²) in [6.07, 6.45) is 1.92. The van der Waals surface area contributed by atoms with Gasteiger partial charge in [0.05, 0.1) is 27.4 Å². The Morgan fingerprint density at radius 2 is 2.28 bits per heavy atom. The minimum absolute atomic E-state index is 0.0590. The highest BCUT2D eigenvalue weighted by atomic mass is 79.9. The van der Waals surface area contributed by atoms with Crippen LogP contribution >= 0.6 is 27.3 Å². The van der Waals surface area contributed by atoms with Crippen molar-refractivity contribution in [3.05, 3.63) is 34.6 Å². The molecule has 0 radical (unpaired) electrons. The molecule has 3 aromatic rings. The molecule has 0 aliphatic carbocycles. The van der Waals surface area contributed by atoms with Crippen LogP contribution in [0.4, 0.5) is 13.9 Å². The highest BCUT2D eigenvalue weighted by Crippen LogP contribution is 2.30. The number of rotatable bonds is 6. The van der Waals surface area contributed by atoms with Crippen LogP contribution in [0.15, 0.2) is 28.9 Å². The van der Waals surface area contributed by atoms with Gasteiger partial charge in [0.2, 0.25) is 5.91 Å². The normalized spacial score (nSPS) is 11.2. The Hall–Kier alpha value is -2.07. The van der Waals surface area contributed by atoms with Gasteiger partial charge in [0, 0.05) is 12.1 Å². The molecule has 0 aliphatic rings. The van der Waals surface area contributed by atoms with E-state index >= 15 is 0 Å². The van der Waals surface area contributed by atoms with Crippen molar-refractivity contribution in [1.29, 1.82) is 0 Å². The largest absolute Gasteiger partial charge is 0.435 e. The summed E-state index contributed by atoms with van der Waals surface area (Å²) in [7, 11) is 0. The Labute approximate surface area is 153 Å². The predicted molar refractivity (Wildman–Crippen MR) is 94.2 cm³/mol. The number of aryl methyl sites for hydroxylation is 1. The van der Waals surface area contributed by atoms with Crippen LogP contribution in [0.3, 0.4) is 0 Å². The topological polar surface area (TPSA) is 69.0 Å². The molecule has 0 aliphatic heterocycles. The predicted octanol–water partition coefficient (Wildman–Crippen LogP) is 4.19. The maximum atomic E-state index is 12.3. The second-order valence-electron chi connectivity index (χ2n) is 5.13. The van der Waals surface area contributed by atoms with Gasteiger partial charge in [-0.15, -0.1) is 0 Å². The standard InChI is InChI=1S/C15H13BrF2N4O2S/c1-8-10(16)7-19-22(8)5-4-13(23)21-15-20-11-3-2-9(24-14(17)18)6-12(11)25-15/h2-3,6-7,14H,4-5H2,1H3,(H,20,21,23). The number of anilines is 1. The molecule has 1 amide bonds. The van der Waals surface area contributed by atoms with Gasteiger partial charge >= 0.3 is 6.61 Å². The van der Waals surface area contributed by atoms with Crippen LogP contribution in [-0.4, -0.2) is 27.3 Å². The van der Waals surface area contributed by atoms with Crippen molar-refractivity contribution in [2.75, 3.05) is 5.32 Å². The van der Waals surface area contributed by atoms with Gasteiger partial charge in [-0.25, -0.2) is 4.98 Å². The first-order valence-electron chi connectivity index (χ1n) is 7.25. The third-order valence-corrected chi connectivity index (χ3v) is 5.14. The number of halogens is 3. The molecular formula is C15H13BrF2N4O2S. The van der Waals surface area contributed by atoms with Crippen molar-refractivity contribution in [3.8, 4) is 5.75 Å². The van der Waals surface area contributed by atoms with Crippen LogP contribution in [0.5, 0.6) is 5.75 Å². The van der Waals surface area contributed by atoms with Gasteiger partial charge < -0.3 is 10.1 Å². The molecule has 132 valence electrons. The molecule has 1 N–H and O–H groups in total. The highest BCUT2D eigenvalue weighted by molar-refractivity contribution is 9.10. The van der Waals surface area contributed by atoms with E-state index < -0.39 is 6.61 Å². The molecule has 0 saturated carbocycles. The smallest absolute Gasteiger partial charge is 0.387 e. The molecule has 25 heavy (non-hydrogen) atoms. The molecular weight excluding hydrogens is 418 g/mol. The molecule has 0 atom stereocenters. The number of alkyl halides is 2. The molecule has 6 nitrogen and oxygen atoms in total. The summed E-state index contributed by atoms with van der Waals surface area (Å²) in [5.74, 6) is -0.141. The zero-order valence-electron chi connectivity index (χ0n) is 13.0. The molecule has 10 heteroatoms. The lowest BCUT2D eigenvalue weighted by atomic mass is 10.3. The zero-order valence-corrected chi connectivity index (χ0v) is 15.4. The monoisotopic (exact) mass is 430 g/mol. The third kappa shape index (κ3) is 4.31. The number of amides is 1. The van der Waals surface area contributed by atoms with Gasteiger partial charge in [0.1, 0.15) is 5.75 Å². The average Bonchev–Trinajstić information content (AvgIpc) is 3.08. The Morgan fingerprint density at radius 3 is 2.96 bits per heavy atom. The number of nitrogens with zero attached hydrogens (tertiary/aromatic N) is 3. The van der Waals surface area contributed by atoms with E-state index in [1.165, 1.54) is 23.5 Å². The molecule has 0 saturated heterocycles. The first-order valence-corrected chi connectivity index (χ1v) is 8.86. The third-order valence-electron chi connectivity index (χ3n) is 3.43. The maximum absolute atomic E-state index is 12.3. The quantitative estimate of drug-likeness (QED) is 0.636. The van der Waals surface area contributed by atoms with E-state index in [4.69, 9.17) is 0 Å². The van der Waals surface area contributed by atoms with E-state index in [-0.39, 0.29) is 18.1 Å². The molecule has 0 fully saturated rings.